The standard InChI is InChI=1S/C34H39N5O9/c1-46-21-17-19-3-2-10-35-27(19)24(18-21)39-15-13-37(14-16-39)20-8-11-38(12-9-20)23-5-6-25(40)22-4-7-26(36-28(22)23)47-34-31(43)29(41)30(42)32(48-34)33(44)45/h2-7,10,17-18,20,29-32,34,40-43H,8-9,11-16H2,1H3,(H,44,45). The molecule has 0 radical (unpaired) electrons. The van der Waals surface area contributed by atoms with Crippen molar-refractivity contribution in [3.63, 3.8) is 0 Å². The van der Waals surface area contributed by atoms with Gasteiger partial charge < -0.3 is 49.5 Å². The number of ether oxygens (including phenoxy) is 3. The van der Waals surface area contributed by atoms with Gasteiger partial charge in [0.15, 0.2) is 6.10 Å². The monoisotopic (exact) mass is 661 g/mol. The fourth-order valence-corrected chi connectivity index (χ4v) is 7.06. The third-order valence-electron chi connectivity index (χ3n) is 9.71. The van der Waals surface area contributed by atoms with E-state index in [0.717, 1.165) is 80.1 Å². The van der Waals surface area contributed by atoms with E-state index in [-0.39, 0.29) is 11.6 Å². The molecule has 0 bridgehead atoms. The van der Waals surface area contributed by atoms with Crippen LogP contribution in [0.2, 0.25) is 0 Å². The van der Waals surface area contributed by atoms with Crippen molar-refractivity contribution in [3.8, 4) is 17.4 Å². The minimum Gasteiger partial charge on any atom is -0.507 e. The number of piperazine rings is 1. The van der Waals surface area contributed by atoms with Crippen LogP contribution < -0.4 is 19.3 Å². The predicted molar refractivity (Wildman–Crippen MR) is 176 cm³/mol. The molecule has 2 aromatic heterocycles. The van der Waals surface area contributed by atoms with E-state index in [0.29, 0.717) is 16.9 Å². The van der Waals surface area contributed by atoms with Crippen LogP contribution in [0.3, 0.4) is 0 Å². The number of hydrogen-bond acceptors (Lipinski definition) is 13. The highest BCUT2D eigenvalue weighted by molar-refractivity contribution is 5.95. The van der Waals surface area contributed by atoms with Gasteiger partial charge in [-0.1, -0.05) is 6.07 Å². The van der Waals surface area contributed by atoms with Crippen LogP contribution in [-0.4, -0.2) is 129 Å². The number of nitrogens with zero attached hydrogens (tertiary/aromatic N) is 5. The Labute approximate surface area is 276 Å². The van der Waals surface area contributed by atoms with Crippen LogP contribution in [0, 0.1) is 0 Å². The summed E-state index contributed by atoms with van der Waals surface area (Å²) in [6.45, 7) is 5.19. The zero-order chi connectivity index (χ0) is 33.5. The van der Waals surface area contributed by atoms with Gasteiger partial charge in [0.2, 0.25) is 12.2 Å². The summed E-state index contributed by atoms with van der Waals surface area (Å²) >= 11 is 0. The molecule has 14 heteroatoms. The average molecular weight is 662 g/mol. The van der Waals surface area contributed by atoms with Crippen LogP contribution in [0.1, 0.15) is 12.8 Å². The first-order valence-corrected chi connectivity index (χ1v) is 16.1. The van der Waals surface area contributed by atoms with Crippen molar-refractivity contribution in [3.05, 3.63) is 54.7 Å². The zero-order valence-corrected chi connectivity index (χ0v) is 26.4. The average Bonchev–Trinajstić information content (AvgIpc) is 3.11. The Morgan fingerprint density at radius 2 is 1.62 bits per heavy atom. The van der Waals surface area contributed by atoms with E-state index in [4.69, 9.17) is 14.2 Å². The Kier molecular flexibility index (Phi) is 8.83. The molecule has 3 saturated heterocycles. The second kappa shape index (κ2) is 13.2. The molecular formula is C34H39N5O9. The minimum atomic E-state index is -1.83. The number of pyridine rings is 2. The number of benzene rings is 2. The SMILES string of the molecule is COc1cc(N2CCN(C3CCN(c4ccc(O)c5ccc(OC6OC(C(=O)O)C(O)C(O)C6O)nc45)CC3)CC2)c2ncccc2c1. The van der Waals surface area contributed by atoms with Crippen molar-refractivity contribution in [2.24, 2.45) is 0 Å². The number of methoxy groups -OCH3 is 1. The van der Waals surface area contributed by atoms with Crippen LogP contribution in [0.4, 0.5) is 11.4 Å². The van der Waals surface area contributed by atoms with Crippen LogP contribution in [-0.2, 0) is 9.53 Å². The molecule has 0 saturated carbocycles. The van der Waals surface area contributed by atoms with Crippen molar-refractivity contribution in [2.45, 2.75) is 49.6 Å². The number of phenols is 1. The number of piperidine rings is 1. The van der Waals surface area contributed by atoms with Gasteiger partial charge in [0.05, 0.1) is 24.0 Å². The summed E-state index contributed by atoms with van der Waals surface area (Å²) in [6, 6.07) is 15.0. The molecule has 3 fully saturated rings. The second-order valence-electron chi connectivity index (χ2n) is 12.5. The van der Waals surface area contributed by atoms with Gasteiger partial charge in [0.25, 0.3) is 0 Å². The van der Waals surface area contributed by atoms with Gasteiger partial charge in [-0.05, 0) is 43.2 Å². The van der Waals surface area contributed by atoms with Crippen LogP contribution in [0.15, 0.2) is 54.7 Å². The second-order valence-corrected chi connectivity index (χ2v) is 12.5. The van der Waals surface area contributed by atoms with Gasteiger partial charge in [-0.25, -0.2) is 9.78 Å². The number of phenolic OH excluding ortho intramolecular Hbond substituents is 1. The zero-order valence-electron chi connectivity index (χ0n) is 26.4. The van der Waals surface area contributed by atoms with Gasteiger partial charge in [-0.3, -0.25) is 9.88 Å². The van der Waals surface area contributed by atoms with E-state index >= 15 is 0 Å². The lowest BCUT2D eigenvalue weighted by atomic mass is 9.99. The lowest BCUT2D eigenvalue weighted by Crippen LogP contribution is -2.61. The van der Waals surface area contributed by atoms with Crippen molar-refractivity contribution in [1.82, 2.24) is 14.9 Å². The summed E-state index contributed by atoms with van der Waals surface area (Å²) < 4.78 is 16.5. The lowest BCUT2D eigenvalue weighted by molar-refractivity contribution is -0.271. The normalized spacial score (nSPS) is 25.8. The molecule has 0 aliphatic carbocycles. The minimum absolute atomic E-state index is 0.00194. The van der Waals surface area contributed by atoms with E-state index in [1.165, 1.54) is 6.07 Å². The molecule has 3 aliphatic heterocycles. The van der Waals surface area contributed by atoms with Crippen molar-refractivity contribution in [2.75, 3.05) is 56.2 Å². The highest BCUT2D eigenvalue weighted by atomic mass is 16.7. The molecule has 48 heavy (non-hydrogen) atoms. The summed E-state index contributed by atoms with van der Waals surface area (Å²) in [5.41, 5.74) is 3.35. The van der Waals surface area contributed by atoms with Crippen molar-refractivity contribution >= 4 is 39.1 Å². The van der Waals surface area contributed by atoms with E-state index in [9.17, 15) is 30.3 Å². The number of aliphatic hydroxyl groups excluding tert-OH is 3. The Hall–Kier alpha value is -4.47. The van der Waals surface area contributed by atoms with E-state index in [2.05, 4.69) is 36.8 Å². The quantitative estimate of drug-likeness (QED) is 0.192. The van der Waals surface area contributed by atoms with Crippen LogP contribution in [0.25, 0.3) is 21.8 Å². The Bertz CT molecular complexity index is 1790. The molecule has 14 nitrogen and oxygen atoms in total. The maximum atomic E-state index is 11.5. The van der Waals surface area contributed by atoms with Crippen LogP contribution >= 0.6 is 0 Å². The summed E-state index contributed by atoms with van der Waals surface area (Å²) in [4.78, 5) is 27.9. The van der Waals surface area contributed by atoms with E-state index in [1.54, 1.807) is 19.2 Å². The molecule has 4 aromatic rings. The molecule has 2 aromatic carbocycles. The fourth-order valence-electron chi connectivity index (χ4n) is 7.06. The Morgan fingerprint density at radius 3 is 2.35 bits per heavy atom. The first-order valence-electron chi connectivity index (χ1n) is 16.1. The molecular weight excluding hydrogens is 622 g/mol. The third-order valence-corrected chi connectivity index (χ3v) is 9.71. The van der Waals surface area contributed by atoms with Gasteiger partial charge in [-0.2, -0.15) is 0 Å². The van der Waals surface area contributed by atoms with Gasteiger partial charge >= 0.3 is 5.97 Å². The van der Waals surface area contributed by atoms with E-state index < -0.39 is 36.7 Å². The fraction of sp³-hybridized carbons (Fsp3) is 0.441. The smallest absolute Gasteiger partial charge is 0.335 e. The molecule has 254 valence electrons. The third kappa shape index (κ3) is 6.01. The number of carbonyl (C=O) groups is 1. The molecule has 5 heterocycles. The summed E-state index contributed by atoms with van der Waals surface area (Å²) in [7, 11) is 1.68. The number of carboxylic acid groups (broad SMARTS) is 1. The summed E-state index contributed by atoms with van der Waals surface area (Å²) in [5, 5.41) is 52.1. The number of aliphatic hydroxyl groups is 3. The number of aromatic hydroxyl groups is 1. The number of carboxylic acids is 1. The predicted octanol–water partition coefficient (Wildman–Crippen LogP) is 1.56. The number of hydrogen-bond donors (Lipinski definition) is 5. The Morgan fingerprint density at radius 1 is 0.875 bits per heavy atom. The molecule has 7 rings (SSSR count). The van der Waals surface area contributed by atoms with Gasteiger partial charge in [0, 0.05) is 74.4 Å². The topological polar surface area (TPSA) is 181 Å². The molecule has 5 unspecified atom stereocenters. The van der Waals surface area contributed by atoms with Crippen molar-refractivity contribution in [1.29, 1.82) is 0 Å². The maximum Gasteiger partial charge on any atom is 0.335 e. The Balaban J connectivity index is 1.02. The number of aliphatic carboxylic acids is 1. The highest BCUT2D eigenvalue weighted by Crippen LogP contribution is 2.36. The largest absolute Gasteiger partial charge is 0.507 e. The summed E-state index contributed by atoms with van der Waals surface area (Å²) in [6.07, 6.45) is -5.02. The van der Waals surface area contributed by atoms with Crippen LogP contribution in [0.5, 0.6) is 17.4 Å². The van der Waals surface area contributed by atoms with E-state index in [1.807, 2.05) is 24.4 Å². The maximum absolute atomic E-state index is 11.5. The number of fused-ring (bicyclic) bond motifs is 2. The summed E-state index contributed by atoms with van der Waals surface area (Å²) in [5.74, 6) is -0.648. The number of anilines is 2. The molecule has 3 aliphatic rings. The van der Waals surface area contributed by atoms with Crippen molar-refractivity contribution < 1.29 is 44.5 Å². The van der Waals surface area contributed by atoms with Gasteiger partial charge in [-0.15, -0.1) is 0 Å². The number of rotatable bonds is 7. The first kappa shape index (κ1) is 32.1. The highest BCUT2D eigenvalue weighted by Gasteiger charge is 2.48. The lowest BCUT2D eigenvalue weighted by Gasteiger charge is -2.44. The van der Waals surface area contributed by atoms with Gasteiger partial charge in [0.1, 0.15) is 35.3 Å². The number of aromatic nitrogens is 2. The molecule has 5 atom stereocenters. The first-order chi connectivity index (χ1) is 23.2. The molecule has 0 amide bonds. The molecule has 0 spiro atoms. The molecule has 5 N–H and O–H groups in total.